The molecule has 0 aliphatic carbocycles. The predicted octanol–water partition coefficient (Wildman–Crippen LogP) is 9.19. The standard InChI is InChI=1S/C26H28Cl2/c1-15(2)21-23(19-12-8-7-9-13-19)26(28)25(27)22(16(3)4)24(21)20-14-10-11-17(5)18(20)6/h7-16H,1-6H3. The van der Waals surface area contributed by atoms with Gasteiger partial charge in [-0.15, -0.1) is 0 Å². The molecule has 0 fully saturated rings. The Morgan fingerprint density at radius 2 is 1.25 bits per heavy atom. The minimum atomic E-state index is 0.266. The summed E-state index contributed by atoms with van der Waals surface area (Å²) in [5, 5.41) is 1.34. The van der Waals surface area contributed by atoms with E-state index in [0.717, 1.165) is 16.7 Å². The molecule has 0 aromatic heterocycles. The monoisotopic (exact) mass is 410 g/mol. The van der Waals surface area contributed by atoms with Gasteiger partial charge in [-0.1, -0.05) is 99.4 Å². The van der Waals surface area contributed by atoms with Gasteiger partial charge in [0.25, 0.3) is 0 Å². The average molecular weight is 411 g/mol. The summed E-state index contributed by atoms with van der Waals surface area (Å²) >= 11 is 13.9. The lowest BCUT2D eigenvalue weighted by Crippen LogP contribution is -2.06. The van der Waals surface area contributed by atoms with Crippen LogP contribution in [0.3, 0.4) is 0 Å². The van der Waals surface area contributed by atoms with E-state index in [0.29, 0.717) is 16.0 Å². The molecule has 0 spiro atoms. The Labute approximate surface area is 179 Å². The molecular weight excluding hydrogens is 383 g/mol. The molecule has 3 rings (SSSR count). The molecule has 0 atom stereocenters. The van der Waals surface area contributed by atoms with Crippen LogP contribution in [0.1, 0.15) is 61.8 Å². The largest absolute Gasteiger partial charge is 0.0824 e. The number of hydrogen-bond donors (Lipinski definition) is 0. The molecule has 0 unspecified atom stereocenters. The molecule has 0 nitrogen and oxygen atoms in total. The topological polar surface area (TPSA) is 0 Å². The van der Waals surface area contributed by atoms with Gasteiger partial charge in [-0.05, 0) is 64.6 Å². The number of halogens is 2. The van der Waals surface area contributed by atoms with Gasteiger partial charge in [-0.25, -0.2) is 0 Å². The maximum absolute atomic E-state index is 6.94. The minimum absolute atomic E-state index is 0.266. The lowest BCUT2D eigenvalue weighted by molar-refractivity contribution is 0.839. The van der Waals surface area contributed by atoms with Crippen LogP contribution in [-0.4, -0.2) is 0 Å². The van der Waals surface area contributed by atoms with E-state index in [2.05, 4.69) is 84.0 Å². The number of aryl methyl sites for hydroxylation is 1. The summed E-state index contributed by atoms with van der Waals surface area (Å²) in [6.45, 7) is 13.2. The summed E-state index contributed by atoms with van der Waals surface area (Å²) in [7, 11) is 0. The van der Waals surface area contributed by atoms with Gasteiger partial charge in [0.05, 0.1) is 10.0 Å². The Balaban J connectivity index is 2.56. The van der Waals surface area contributed by atoms with Crippen molar-refractivity contribution in [3.05, 3.63) is 80.8 Å². The lowest BCUT2D eigenvalue weighted by atomic mass is 9.79. The first kappa shape index (κ1) is 21.0. The van der Waals surface area contributed by atoms with Crippen molar-refractivity contribution in [3.63, 3.8) is 0 Å². The Morgan fingerprint density at radius 3 is 1.82 bits per heavy atom. The van der Waals surface area contributed by atoms with E-state index in [1.165, 1.54) is 27.8 Å². The Hall–Kier alpha value is -1.76. The first-order valence-electron chi connectivity index (χ1n) is 9.92. The molecule has 0 saturated carbocycles. The molecule has 0 amide bonds. The SMILES string of the molecule is Cc1cccc(-c2c(C(C)C)c(Cl)c(Cl)c(-c3ccccc3)c2C(C)C)c1C. The molecule has 0 heterocycles. The highest BCUT2D eigenvalue weighted by atomic mass is 35.5. The van der Waals surface area contributed by atoms with Crippen LogP contribution in [0.4, 0.5) is 0 Å². The zero-order valence-corrected chi connectivity index (χ0v) is 19.0. The molecule has 28 heavy (non-hydrogen) atoms. The van der Waals surface area contributed by atoms with E-state index < -0.39 is 0 Å². The number of rotatable bonds is 4. The highest BCUT2D eigenvalue weighted by Crippen LogP contribution is 2.50. The van der Waals surface area contributed by atoms with Crippen molar-refractivity contribution in [3.8, 4) is 22.3 Å². The number of hydrogen-bond acceptors (Lipinski definition) is 0. The highest BCUT2D eigenvalue weighted by Gasteiger charge is 2.27. The maximum atomic E-state index is 6.94. The van der Waals surface area contributed by atoms with Crippen molar-refractivity contribution >= 4 is 23.2 Å². The van der Waals surface area contributed by atoms with Crippen LogP contribution >= 0.6 is 23.2 Å². The zero-order valence-electron chi connectivity index (χ0n) is 17.5. The van der Waals surface area contributed by atoms with Gasteiger partial charge in [0.2, 0.25) is 0 Å². The van der Waals surface area contributed by atoms with Crippen LogP contribution in [0.5, 0.6) is 0 Å². The summed E-state index contributed by atoms with van der Waals surface area (Å²) in [6, 6.07) is 16.9. The van der Waals surface area contributed by atoms with Crippen molar-refractivity contribution in [2.45, 2.75) is 53.4 Å². The first-order valence-corrected chi connectivity index (χ1v) is 10.7. The molecular formula is C26H28Cl2. The number of benzene rings is 3. The zero-order chi connectivity index (χ0) is 20.6. The van der Waals surface area contributed by atoms with Gasteiger partial charge in [-0.2, -0.15) is 0 Å². The third kappa shape index (κ3) is 3.61. The molecule has 0 aliphatic heterocycles. The Bertz CT molecular complexity index is 999. The van der Waals surface area contributed by atoms with Crippen LogP contribution in [0.2, 0.25) is 10.0 Å². The molecule has 0 saturated heterocycles. The van der Waals surface area contributed by atoms with Gasteiger partial charge in [0, 0.05) is 5.56 Å². The van der Waals surface area contributed by atoms with Crippen molar-refractivity contribution in [2.75, 3.05) is 0 Å². The molecule has 0 bridgehead atoms. The average Bonchev–Trinajstić information content (AvgIpc) is 2.65. The maximum Gasteiger partial charge on any atom is 0.0676 e. The van der Waals surface area contributed by atoms with E-state index in [1.54, 1.807) is 0 Å². The van der Waals surface area contributed by atoms with Gasteiger partial charge < -0.3 is 0 Å². The summed E-state index contributed by atoms with van der Waals surface area (Å²) < 4.78 is 0. The fourth-order valence-electron chi connectivity index (χ4n) is 4.04. The van der Waals surface area contributed by atoms with Gasteiger partial charge in [0.15, 0.2) is 0 Å². The van der Waals surface area contributed by atoms with Crippen LogP contribution in [0.25, 0.3) is 22.3 Å². The highest BCUT2D eigenvalue weighted by molar-refractivity contribution is 6.45. The molecule has 0 radical (unpaired) electrons. The van der Waals surface area contributed by atoms with Crippen LogP contribution < -0.4 is 0 Å². The quantitative estimate of drug-likeness (QED) is 0.401. The van der Waals surface area contributed by atoms with Crippen LogP contribution in [-0.2, 0) is 0 Å². The molecule has 0 N–H and O–H groups in total. The smallest absolute Gasteiger partial charge is 0.0676 e. The Morgan fingerprint density at radius 1 is 0.643 bits per heavy atom. The van der Waals surface area contributed by atoms with E-state index in [4.69, 9.17) is 23.2 Å². The fraction of sp³-hybridized carbons (Fsp3) is 0.308. The summed E-state index contributed by atoms with van der Waals surface area (Å²) in [5.41, 5.74) is 9.67. The second kappa shape index (κ2) is 8.31. The normalized spacial score (nSPS) is 11.5. The molecule has 2 heteroatoms. The summed E-state index contributed by atoms with van der Waals surface area (Å²) in [6.07, 6.45) is 0. The van der Waals surface area contributed by atoms with E-state index >= 15 is 0 Å². The summed E-state index contributed by atoms with van der Waals surface area (Å²) in [5.74, 6) is 0.569. The van der Waals surface area contributed by atoms with E-state index in [9.17, 15) is 0 Å². The van der Waals surface area contributed by atoms with Gasteiger partial charge in [0.1, 0.15) is 0 Å². The predicted molar refractivity (Wildman–Crippen MR) is 125 cm³/mol. The van der Waals surface area contributed by atoms with Crippen molar-refractivity contribution in [1.29, 1.82) is 0 Å². The van der Waals surface area contributed by atoms with Crippen LogP contribution in [0.15, 0.2) is 48.5 Å². The van der Waals surface area contributed by atoms with E-state index in [1.807, 2.05) is 6.07 Å². The van der Waals surface area contributed by atoms with Crippen molar-refractivity contribution < 1.29 is 0 Å². The first-order chi connectivity index (χ1) is 13.3. The third-order valence-corrected chi connectivity index (χ3v) is 6.42. The van der Waals surface area contributed by atoms with Gasteiger partial charge in [-0.3, -0.25) is 0 Å². The minimum Gasteiger partial charge on any atom is -0.0824 e. The second-order valence-corrected chi connectivity index (χ2v) is 8.88. The molecule has 146 valence electrons. The Kier molecular flexibility index (Phi) is 6.22. The second-order valence-electron chi connectivity index (χ2n) is 8.13. The van der Waals surface area contributed by atoms with Gasteiger partial charge >= 0.3 is 0 Å². The lowest BCUT2D eigenvalue weighted by Gasteiger charge is -2.27. The molecule has 3 aromatic carbocycles. The summed E-state index contributed by atoms with van der Waals surface area (Å²) in [4.78, 5) is 0. The molecule has 3 aromatic rings. The van der Waals surface area contributed by atoms with Crippen molar-refractivity contribution in [2.24, 2.45) is 0 Å². The van der Waals surface area contributed by atoms with Crippen molar-refractivity contribution in [1.82, 2.24) is 0 Å². The third-order valence-electron chi connectivity index (χ3n) is 5.55. The fourth-order valence-corrected chi connectivity index (χ4v) is 4.76. The molecule has 0 aliphatic rings. The van der Waals surface area contributed by atoms with E-state index in [-0.39, 0.29) is 5.92 Å². The van der Waals surface area contributed by atoms with Crippen LogP contribution in [0, 0.1) is 13.8 Å².